The number of ether oxygens (including phenoxy) is 1. The van der Waals surface area contributed by atoms with Gasteiger partial charge < -0.3 is 10.1 Å². The summed E-state index contributed by atoms with van der Waals surface area (Å²) < 4.78 is 7.12. The second-order valence-corrected chi connectivity index (χ2v) is 12.1. The maximum absolute atomic E-state index is 12.9. The second kappa shape index (κ2) is 12.5. The van der Waals surface area contributed by atoms with Crippen LogP contribution in [0.1, 0.15) is 95.2 Å². The van der Waals surface area contributed by atoms with E-state index < -0.39 is 0 Å². The third-order valence-corrected chi connectivity index (χ3v) is 9.96. The van der Waals surface area contributed by atoms with E-state index in [1.54, 1.807) is 17.4 Å². The second-order valence-electron chi connectivity index (χ2n) is 7.80. The number of hydrogen-bond acceptors (Lipinski definition) is 5. The van der Waals surface area contributed by atoms with Crippen molar-refractivity contribution in [3.63, 3.8) is 0 Å². The van der Waals surface area contributed by atoms with Crippen molar-refractivity contribution in [2.75, 3.05) is 11.9 Å². The van der Waals surface area contributed by atoms with Gasteiger partial charge in [-0.2, -0.15) is 0 Å². The Balaban J connectivity index is 1.91. The molecule has 2 aromatic rings. The highest BCUT2D eigenvalue weighted by Gasteiger charge is 2.26. The molecule has 0 fully saturated rings. The number of carbonyl (C=O) groups excluding carboxylic acids is 2. The first kappa shape index (κ1) is 24.9. The third-order valence-electron chi connectivity index (χ3n) is 5.50. The number of fused-ring (bicyclic) bond motifs is 1. The quantitative estimate of drug-likeness (QED) is 0.364. The Kier molecular flexibility index (Phi) is 10.1. The Bertz CT molecular complexity index is 888. The first-order chi connectivity index (χ1) is 15.0. The van der Waals surface area contributed by atoms with E-state index in [-0.39, 0.29) is 11.9 Å². The van der Waals surface area contributed by atoms with E-state index in [9.17, 15) is 9.59 Å². The smallest absolute Gasteiger partial charge is 0.341 e. The third kappa shape index (κ3) is 6.89. The van der Waals surface area contributed by atoms with Crippen molar-refractivity contribution in [2.24, 2.45) is 0 Å². The molecule has 1 aliphatic rings. The van der Waals surface area contributed by atoms with Crippen LogP contribution < -0.4 is 5.32 Å². The van der Waals surface area contributed by atoms with Gasteiger partial charge in [0, 0.05) is 9.35 Å². The average molecular weight is 591 g/mol. The summed E-state index contributed by atoms with van der Waals surface area (Å²) >= 11 is 9.80. The number of halogens is 2. The highest BCUT2D eigenvalue weighted by atomic mass is 79.9. The average Bonchev–Trinajstić information content (AvgIpc) is 3.25. The molecule has 8 heteroatoms. The van der Waals surface area contributed by atoms with Crippen molar-refractivity contribution in [1.82, 2.24) is 0 Å². The molecule has 31 heavy (non-hydrogen) atoms. The molecule has 0 atom stereocenters. The maximum Gasteiger partial charge on any atom is 0.341 e. The zero-order valence-electron chi connectivity index (χ0n) is 17.9. The van der Waals surface area contributed by atoms with Crippen LogP contribution in [-0.4, -0.2) is 18.5 Å². The number of aryl methyl sites for hydroxylation is 1. The van der Waals surface area contributed by atoms with Gasteiger partial charge in [-0.1, -0.05) is 44.9 Å². The highest BCUT2D eigenvalue weighted by Crippen LogP contribution is 2.38. The molecule has 1 amide bonds. The minimum atomic E-state index is -0.326. The molecule has 0 saturated carbocycles. The topological polar surface area (TPSA) is 55.4 Å². The molecule has 0 bridgehead atoms. The predicted molar refractivity (Wildman–Crippen MR) is 137 cm³/mol. The summed E-state index contributed by atoms with van der Waals surface area (Å²) in [6, 6.07) is 1.79. The molecule has 4 nitrogen and oxygen atoms in total. The van der Waals surface area contributed by atoms with E-state index in [2.05, 4.69) is 37.2 Å². The van der Waals surface area contributed by atoms with Crippen LogP contribution >= 0.6 is 54.5 Å². The van der Waals surface area contributed by atoms with Gasteiger partial charge in [-0.25, -0.2) is 4.79 Å². The van der Waals surface area contributed by atoms with Gasteiger partial charge in [-0.15, -0.1) is 22.7 Å². The summed E-state index contributed by atoms with van der Waals surface area (Å²) in [5.41, 5.74) is 1.66. The van der Waals surface area contributed by atoms with Gasteiger partial charge in [-0.3, -0.25) is 4.79 Å². The lowest BCUT2D eigenvalue weighted by molar-refractivity contribution is 0.0526. The zero-order valence-corrected chi connectivity index (χ0v) is 22.7. The van der Waals surface area contributed by atoms with Gasteiger partial charge in [0.25, 0.3) is 5.91 Å². The lowest BCUT2D eigenvalue weighted by Crippen LogP contribution is -2.14. The van der Waals surface area contributed by atoms with Crippen LogP contribution in [0.5, 0.6) is 0 Å². The molecule has 0 aliphatic heterocycles. The fourth-order valence-electron chi connectivity index (χ4n) is 3.93. The fraction of sp³-hybridized carbons (Fsp3) is 0.565. The predicted octanol–water partition coefficient (Wildman–Crippen LogP) is 8.37. The van der Waals surface area contributed by atoms with E-state index in [0.717, 1.165) is 39.5 Å². The van der Waals surface area contributed by atoms with E-state index in [1.807, 2.05) is 6.92 Å². The van der Waals surface area contributed by atoms with Crippen molar-refractivity contribution in [1.29, 1.82) is 0 Å². The lowest BCUT2D eigenvalue weighted by atomic mass is 10.00. The fourth-order valence-corrected chi connectivity index (χ4v) is 7.14. The van der Waals surface area contributed by atoms with Gasteiger partial charge >= 0.3 is 5.97 Å². The number of esters is 1. The summed E-state index contributed by atoms with van der Waals surface area (Å²) in [5, 5.41) is 3.64. The van der Waals surface area contributed by atoms with Gasteiger partial charge in [0.05, 0.1) is 20.8 Å². The molecule has 2 aromatic heterocycles. The Morgan fingerprint density at radius 1 is 0.968 bits per heavy atom. The summed E-state index contributed by atoms with van der Waals surface area (Å²) in [6.07, 6.45) is 12.9. The molecule has 0 unspecified atom stereocenters. The van der Waals surface area contributed by atoms with Crippen LogP contribution in [0.2, 0.25) is 0 Å². The molecular weight excluding hydrogens is 562 g/mol. The number of rotatable bonds is 4. The zero-order chi connectivity index (χ0) is 22.2. The molecule has 1 aliphatic carbocycles. The molecular formula is C23H29Br2NO3S2. The van der Waals surface area contributed by atoms with Crippen molar-refractivity contribution in [3.05, 3.63) is 35.2 Å². The number of amides is 1. The van der Waals surface area contributed by atoms with Crippen molar-refractivity contribution < 1.29 is 14.3 Å². The number of hydrogen-bond donors (Lipinski definition) is 1. The summed E-state index contributed by atoms with van der Waals surface area (Å²) in [5.74, 6) is -0.524. The standard InChI is InChI=1S/C23H29Br2NO3S2/c1-2-29-23(28)19-15-12-10-8-6-4-3-5-7-9-11-13-17(15)31-22(19)26-21(27)18-14-16(24)20(25)30-18/h14H,2-13H2,1H3,(H,26,27). The van der Waals surface area contributed by atoms with Crippen molar-refractivity contribution >= 4 is 71.4 Å². The van der Waals surface area contributed by atoms with Crippen LogP contribution in [0.25, 0.3) is 0 Å². The molecule has 0 aromatic carbocycles. The van der Waals surface area contributed by atoms with E-state index in [0.29, 0.717) is 22.0 Å². The number of nitrogens with one attached hydrogen (secondary N) is 1. The van der Waals surface area contributed by atoms with Crippen molar-refractivity contribution in [3.8, 4) is 0 Å². The first-order valence-electron chi connectivity index (χ1n) is 11.1. The molecule has 0 spiro atoms. The summed E-state index contributed by atoms with van der Waals surface area (Å²) in [4.78, 5) is 27.7. The van der Waals surface area contributed by atoms with Crippen LogP contribution in [0.3, 0.4) is 0 Å². The van der Waals surface area contributed by atoms with Crippen LogP contribution in [0.15, 0.2) is 14.3 Å². The number of anilines is 1. The van der Waals surface area contributed by atoms with E-state index >= 15 is 0 Å². The minimum Gasteiger partial charge on any atom is -0.462 e. The summed E-state index contributed by atoms with van der Waals surface area (Å²) in [6.45, 7) is 2.14. The largest absolute Gasteiger partial charge is 0.462 e. The molecule has 3 rings (SSSR count). The summed E-state index contributed by atoms with van der Waals surface area (Å²) in [7, 11) is 0. The van der Waals surface area contributed by atoms with Crippen LogP contribution in [0, 0.1) is 0 Å². The molecule has 0 radical (unpaired) electrons. The van der Waals surface area contributed by atoms with Crippen LogP contribution in [-0.2, 0) is 17.6 Å². The first-order valence-corrected chi connectivity index (χ1v) is 14.3. The Hall–Kier alpha value is -0.700. The van der Waals surface area contributed by atoms with E-state index in [1.165, 1.54) is 61.2 Å². The molecule has 2 heterocycles. The Morgan fingerprint density at radius 3 is 2.16 bits per heavy atom. The Labute approximate surface area is 209 Å². The SMILES string of the molecule is CCOC(=O)c1c(NC(=O)c2cc(Br)c(Br)s2)sc2c1CCCCCCCCCCC2. The van der Waals surface area contributed by atoms with E-state index in [4.69, 9.17) is 4.74 Å². The minimum absolute atomic E-state index is 0.198. The van der Waals surface area contributed by atoms with Crippen molar-refractivity contribution in [2.45, 2.75) is 77.6 Å². The molecule has 170 valence electrons. The Morgan fingerprint density at radius 2 is 1.58 bits per heavy atom. The monoisotopic (exact) mass is 589 g/mol. The van der Waals surface area contributed by atoms with Gasteiger partial charge in [0.15, 0.2) is 0 Å². The van der Waals surface area contributed by atoms with Gasteiger partial charge in [0.1, 0.15) is 5.00 Å². The maximum atomic E-state index is 12.9. The van der Waals surface area contributed by atoms with Gasteiger partial charge in [-0.05, 0) is 76.1 Å². The van der Waals surface area contributed by atoms with Crippen LogP contribution in [0.4, 0.5) is 5.00 Å². The lowest BCUT2D eigenvalue weighted by Gasteiger charge is -2.09. The van der Waals surface area contributed by atoms with Gasteiger partial charge in [0.2, 0.25) is 0 Å². The highest BCUT2D eigenvalue weighted by molar-refractivity contribution is 9.13. The molecule has 1 N–H and O–H groups in total. The molecule has 0 saturated heterocycles. The number of thiophene rings is 2. The number of carbonyl (C=O) groups is 2. The normalized spacial score (nSPS) is 15.8.